The van der Waals surface area contributed by atoms with E-state index in [2.05, 4.69) is 26.4 Å². The van der Waals surface area contributed by atoms with Crippen LogP contribution in [0, 0.1) is 20.8 Å². The number of benzene rings is 1. The van der Waals surface area contributed by atoms with Crippen LogP contribution in [-0.2, 0) is 11.2 Å². The van der Waals surface area contributed by atoms with E-state index < -0.39 is 0 Å². The van der Waals surface area contributed by atoms with Gasteiger partial charge in [0.25, 0.3) is 0 Å². The smallest absolute Gasteiger partial charge is 0.224 e. The molecule has 2 aromatic rings. The zero-order valence-electron chi connectivity index (χ0n) is 11.8. The van der Waals surface area contributed by atoms with Gasteiger partial charge in [-0.05, 0) is 51.0 Å². The number of nitrogens with one attached hydrogen (secondary N) is 1. The summed E-state index contributed by atoms with van der Waals surface area (Å²) < 4.78 is 6.12. The molecular weight excluding hydrogens is 320 g/mol. The van der Waals surface area contributed by atoms with E-state index in [4.69, 9.17) is 4.52 Å². The molecule has 0 unspecified atom stereocenters. The van der Waals surface area contributed by atoms with E-state index >= 15 is 0 Å². The summed E-state index contributed by atoms with van der Waals surface area (Å²) in [4.78, 5) is 12.0. The molecule has 1 heterocycles. The molecule has 0 aliphatic carbocycles. The molecule has 5 heteroatoms. The lowest BCUT2D eigenvalue weighted by Gasteiger charge is -2.07. The quantitative estimate of drug-likeness (QED) is 0.920. The number of carbonyl (C=O) groups excluding carboxylic acids is 1. The normalized spacial score (nSPS) is 10.6. The Kier molecular flexibility index (Phi) is 4.60. The summed E-state index contributed by atoms with van der Waals surface area (Å²) in [6.07, 6.45) is 1.06. The Morgan fingerprint density at radius 1 is 1.35 bits per heavy atom. The first-order valence-corrected chi connectivity index (χ1v) is 7.24. The van der Waals surface area contributed by atoms with Gasteiger partial charge in [-0.1, -0.05) is 21.1 Å². The maximum atomic E-state index is 12.0. The van der Waals surface area contributed by atoms with Gasteiger partial charge in [-0.15, -0.1) is 0 Å². The monoisotopic (exact) mass is 336 g/mol. The van der Waals surface area contributed by atoms with Crippen molar-refractivity contribution in [2.75, 3.05) is 5.32 Å². The molecule has 1 N–H and O–H groups in total. The number of rotatable bonds is 4. The van der Waals surface area contributed by atoms with Crippen molar-refractivity contribution in [3.05, 3.63) is 45.3 Å². The number of hydrogen-bond acceptors (Lipinski definition) is 3. The van der Waals surface area contributed by atoms with Crippen molar-refractivity contribution >= 4 is 27.5 Å². The van der Waals surface area contributed by atoms with Gasteiger partial charge in [0.1, 0.15) is 5.76 Å². The summed E-state index contributed by atoms with van der Waals surface area (Å²) in [5, 5.41) is 6.79. The number of aromatic nitrogens is 1. The minimum absolute atomic E-state index is 0.00766. The standard InChI is InChI=1S/C15H17BrN2O2/c1-9-8-12(4-6-14(9)16)17-15(19)7-5-13-10(2)18-20-11(13)3/h4,6,8H,5,7H2,1-3H3,(H,17,19). The van der Waals surface area contributed by atoms with Crippen molar-refractivity contribution in [3.63, 3.8) is 0 Å². The fourth-order valence-corrected chi connectivity index (χ4v) is 2.29. The van der Waals surface area contributed by atoms with Gasteiger partial charge in [0.2, 0.25) is 5.91 Å². The Balaban J connectivity index is 1.94. The van der Waals surface area contributed by atoms with Crippen LogP contribution in [-0.4, -0.2) is 11.1 Å². The first-order chi connectivity index (χ1) is 9.47. The first-order valence-electron chi connectivity index (χ1n) is 6.45. The molecule has 1 aromatic heterocycles. The van der Waals surface area contributed by atoms with Crippen LogP contribution < -0.4 is 5.32 Å². The van der Waals surface area contributed by atoms with Gasteiger partial charge in [-0.25, -0.2) is 0 Å². The summed E-state index contributed by atoms with van der Waals surface area (Å²) in [7, 11) is 0. The molecule has 0 bridgehead atoms. The second kappa shape index (κ2) is 6.22. The highest BCUT2D eigenvalue weighted by Crippen LogP contribution is 2.20. The van der Waals surface area contributed by atoms with Crippen molar-refractivity contribution in [2.24, 2.45) is 0 Å². The number of anilines is 1. The predicted molar refractivity (Wildman–Crippen MR) is 81.8 cm³/mol. The molecule has 0 radical (unpaired) electrons. The van der Waals surface area contributed by atoms with E-state index in [1.165, 1.54) is 0 Å². The van der Waals surface area contributed by atoms with Crippen LogP contribution in [0.15, 0.2) is 27.2 Å². The summed E-state index contributed by atoms with van der Waals surface area (Å²) in [6, 6.07) is 5.75. The summed E-state index contributed by atoms with van der Waals surface area (Å²) in [6.45, 7) is 5.75. The number of aryl methyl sites for hydroxylation is 3. The third-order valence-corrected chi connectivity index (χ3v) is 4.11. The Morgan fingerprint density at radius 3 is 2.70 bits per heavy atom. The Morgan fingerprint density at radius 2 is 2.10 bits per heavy atom. The lowest BCUT2D eigenvalue weighted by atomic mass is 10.1. The maximum absolute atomic E-state index is 12.0. The minimum Gasteiger partial charge on any atom is -0.361 e. The van der Waals surface area contributed by atoms with Gasteiger partial charge in [0, 0.05) is 22.1 Å². The van der Waals surface area contributed by atoms with Crippen molar-refractivity contribution in [3.8, 4) is 0 Å². The van der Waals surface area contributed by atoms with Crippen LogP contribution in [0.3, 0.4) is 0 Å². The number of hydrogen-bond donors (Lipinski definition) is 1. The lowest BCUT2D eigenvalue weighted by Crippen LogP contribution is -2.12. The van der Waals surface area contributed by atoms with Crippen molar-refractivity contribution in [1.29, 1.82) is 0 Å². The number of carbonyl (C=O) groups is 1. The summed E-state index contributed by atoms with van der Waals surface area (Å²) in [5.74, 6) is 0.779. The van der Waals surface area contributed by atoms with Gasteiger partial charge in [-0.3, -0.25) is 4.79 Å². The zero-order valence-corrected chi connectivity index (χ0v) is 13.4. The molecule has 0 atom stereocenters. The molecule has 1 aromatic carbocycles. The molecule has 0 aliphatic rings. The fourth-order valence-electron chi connectivity index (χ4n) is 2.04. The van der Waals surface area contributed by atoms with Crippen molar-refractivity contribution in [1.82, 2.24) is 5.16 Å². The predicted octanol–water partition coefficient (Wildman–Crippen LogP) is 3.93. The molecule has 106 valence electrons. The van der Waals surface area contributed by atoms with E-state index in [0.29, 0.717) is 12.8 Å². The van der Waals surface area contributed by atoms with Gasteiger partial charge in [0.05, 0.1) is 5.69 Å². The third-order valence-electron chi connectivity index (χ3n) is 3.22. The second-order valence-corrected chi connectivity index (χ2v) is 5.67. The van der Waals surface area contributed by atoms with Gasteiger partial charge in [0.15, 0.2) is 0 Å². The highest BCUT2D eigenvalue weighted by molar-refractivity contribution is 9.10. The molecule has 0 fully saturated rings. The third kappa shape index (κ3) is 3.48. The minimum atomic E-state index is -0.00766. The number of amides is 1. The van der Waals surface area contributed by atoms with Crippen LogP contribution in [0.1, 0.15) is 29.0 Å². The SMILES string of the molecule is Cc1cc(NC(=O)CCc2c(C)noc2C)ccc1Br. The topological polar surface area (TPSA) is 55.1 Å². The highest BCUT2D eigenvalue weighted by Gasteiger charge is 2.11. The molecule has 4 nitrogen and oxygen atoms in total. The molecular formula is C15H17BrN2O2. The van der Waals surface area contributed by atoms with Gasteiger partial charge >= 0.3 is 0 Å². The molecule has 0 spiro atoms. The highest BCUT2D eigenvalue weighted by atomic mass is 79.9. The average Bonchev–Trinajstić information content (AvgIpc) is 2.71. The van der Waals surface area contributed by atoms with E-state index in [9.17, 15) is 4.79 Å². The Hall–Kier alpha value is -1.62. The molecule has 20 heavy (non-hydrogen) atoms. The van der Waals surface area contributed by atoms with Crippen LogP contribution >= 0.6 is 15.9 Å². The molecule has 1 amide bonds. The van der Waals surface area contributed by atoms with E-state index in [1.54, 1.807) is 0 Å². The molecule has 0 aliphatic heterocycles. The first kappa shape index (κ1) is 14.8. The van der Waals surface area contributed by atoms with Crippen LogP contribution in [0.4, 0.5) is 5.69 Å². The average molecular weight is 337 g/mol. The molecule has 0 saturated heterocycles. The number of nitrogens with zero attached hydrogens (tertiary/aromatic N) is 1. The van der Waals surface area contributed by atoms with E-state index in [-0.39, 0.29) is 5.91 Å². The Bertz CT molecular complexity index is 615. The van der Waals surface area contributed by atoms with Crippen LogP contribution in [0.2, 0.25) is 0 Å². The zero-order chi connectivity index (χ0) is 14.7. The van der Waals surface area contributed by atoms with Crippen LogP contribution in [0.5, 0.6) is 0 Å². The second-order valence-electron chi connectivity index (χ2n) is 4.81. The van der Waals surface area contributed by atoms with E-state index in [1.807, 2.05) is 39.0 Å². The fraction of sp³-hybridized carbons (Fsp3) is 0.333. The van der Waals surface area contributed by atoms with Crippen molar-refractivity contribution in [2.45, 2.75) is 33.6 Å². The molecule has 2 rings (SSSR count). The van der Waals surface area contributed by atoms with Crippen molar-refractivity contribution < 1.29 is 9.32 Å². The number of halogens is 1. The maximum Gasteiger partial charge on any atom is 0.224 e. The largest absolute Gasteiger partial charge is 0.361 e. The van der Waals surface area contributed by atoms with Gasteiger partial charge < -0.3 is 9.84 Å². The lowest BCUT2D eigenvalue weighted by molar-refractivity contribution is -0.116. The van der Waals surface area contributed by atoms with Gasteiger partial charge in [-0.2, -0.15) is 0 Å². The summed E-state index contributed by atoms with van der Waals surface area (Å²) >= 11 is 3.44. The molecule has 0 saturated carbocycles. The summed E-state index contributed by atoms with van der Waals surface area (Å²) in [5.41, 5.74) is 3.78. The Labute approximate surface area is 126 Å². The van der Waals surface area contributed by atoms with Crippen LogP contribution in [0.25, 0.3) is 0 Å². The van der Waals surface area contributed by atoms with E-state index in [0.717, 1.165) is 32.7 Å².